The van der Waals surface area contributed by atoms with Crippen LogP contribution in [0.2, 0.25) is 0 Å². The van der Waals surface area contributed by atoms with E-state index in [1.165, 1.54) is 18.7 Å². The summed E-state index contributed by atoms with van der Waals surface area (Å²) in [7, 11) is 0. The average molecular weight is 402 g/mol. The molecule has 2 saturated heterocycles. The van der Waals surface area contributed by atoms with Crippen molar-refractivity contribution in [2.45, 2.75) is 69.5 Å². The third-order valence-electron chi connectivity index (χ3n) is 6.81. The smallest absolute Gasteiger partial charge is 0.255 e. The molecular formula is C22H31N3O4. The molecule has 1 aromatic heterocycles. The van der Waals surface area contributed by atoms with Crippen molar-refractivity contribution in [3.05, 3.63) is 34.2 Å². The average Bonchev–Trinajstić information content (AvgIpc) is 3.15. The maximum atomic E-state index is 12.6. The van der Waals surface area contributed by atoms with Crippen LogP contribution in [0.1, 0.15) is 68.1 Å². The highest BCUT2D eigenvalue weighted by Crippen LogP contribution is 2.39. The molecule has 7 nitrogen and oxygen atoms in total. The number of amides is 2. The van der Waals surface area contributed by atoms with Crippen molar-refractivity contribution < 1.29 is 14.3 Å². The number of carbonyl (C=O) groups is 2. The lowest BCUT2D eigenvalue weighted by atomic mass is 9.88. The van der Waals surface area contributed by atoms with Crippen molar-refractivity contribution >= 4 is 11.8 Å². The fourth-order valence-corrected chi connectivity index (χ4v) is 4.97. The molecule has 3 aliphatic rings. The molecular weight excluding hydrogens is 370 g/mol. The molecule has 1 spiro atoms. The van der Waals surface area contributed by atoms with E-state index in [1.807, 2.05) is 4.90 Å². The quantitative estimate of drug-likeness (QED) is 0.809. The number of aromatic amines is 1. The van der Waals surface area contributed by atoms with E-state index in [9.17, 15) is 14.4 Å². The van der Waals surface area contributed by atoms with E-state index >= 15 is 0 Å². The minimum atomic E-state index is -0.208. The van der Waals surface area contributed by atoms with E-state index in [2.05, 4.69) is 10.3 Å². The van der Waals surface area contributed by atoms with Gasteiger partial charge in [0.15, 0.2) is 0 Å². The first-order valence-corrected chi connectivity index (χ1v) is 11.0. The zero-order valence-corrected chi connectivity index (χ0v) is 17.0. The number of nitrogens with zero attached hydrogens (tertiary/aromatic N) is 1. The molecule has 1 atom stereocenters. The second kappa shape index (κ2) is 8.69. The first-order valence-electron chi connectivity index (χ1n) is 11.0. The van der Waals surface area contributed by atoms with Crippen molar-refractivity contribution in [1.29, 1.82) is 0 Å². The topological polar surface area (TPSA) is 91.5 Å². The summed E-state index contributed by atoms with van der Waals surface area (Å²) in [6.07, 6.45) is 10.7. The Balaban J connectivity index is 1.24. The highest BCUT2D eigenvalue weighted by molar-refractivity contribution is 5.93. The standard InChI is InChI=1S/C22H31N3O4/c26-19-7-6-17(14-23-19)21(28)25-12-10-22(11-13-25)9-8-18(29-22)15-24-20(27)16-4-2-1-3-5-16/h6-7,14,16,18H,1-5,8-13,15H2,(H,23,26)(H,24,27)/t18-/m0/s1. The Hall–Kier alpha value is -2.15. The van der Waals surface area contributed by atoms with Gasteiger partial charge in [-0.15, -0.1) is 0 Å². The molecule has 158 valence electrons. The number of pyridine rings is 1. The summed E-state index contributed by atoms with van der Waals surface area (Å²) in [5.74, 6) is 0.322. The van der Waals surface area contributed by atoms with Crippen molar-refractivity contribution in [2.75, 3.05) is 19.6 Å². The Labute approximate surface area is 171 Å². The Morgan fingerprint density at radius 1 is 1.10 bits per heavy atom. The molecule has 3 fully saturated rings. The van der Waals surface area contributed by atoms with E-state index in [4.69, 9.17) is 4.74 Å². The summed E-state index contributed by atoms with van der Waals surface area (Å²) in [6, 6.07) is 2.95. The Morgan fingerprint density at radius 3 is 2.55 bits per heavy atom. The van der Waals surface area contributed by atoms with Gasteiger partial charge in [0.25, 0.3) is 5.91 Å². The SMILES string of the molecule is O=C(NC[C@@H]1CCC2(CCN(C(=O)c3ccc(=O)[nH]c3)CC2)O1)C1CCCCC1. The highest BCUT2D eigenvalue weighted by Gasteiger charge is 2.43. The van der Waals surface area contributed by atoms with Crippen LogP contribution in [0.3, 0.4) is 0 Å². The maximum absolute atomic E-state index is 12.6. The molecule has 1 saturated carbocycles. The van der Waals surface area contributed by atoms with Gasteiger partial charge in [0, 0.05) is 37.8 Å². The van der Waals surface area contributed by atoms with Gasteiger partial charge in [0.2, 0.25) is 11.5 Å². The van der Waals surface area contributed by atoms with Crippen LogP contribution in [-0.4, -0.2) is 53.0 Å². The van der Waals surface area contributed by atoms with Gasteiger partial charge in [-0.1, -0.05) is 19.3 Å². The number of ether oxygens (including phenoxy) is 1. The molecule has 2 amide bonds. The lowest BCUT2D eigenvalue weighted by molar-refractivity contribution is -0.127. The van der Waals surface area contributed by atoms with E-state index in [1.54, 1.807) is 6.07 Å². The number of carbonyl (C=O) groups excluding carboxylic acids is 2. The first-order chi connectivity index (χ1) is 14.0. The number of rotatable bonds is 4. The van der Waals surface area contributed by atoms with Crippen LogP contribution in [-0.2, 0) is 9.53 Å². The maximum Gasteiger partial charge on any atom is 0.255 e. The molecule has 2 N–H and O–H groups in total. The molecule has 0 bridgehead atoms. The molecule has 0 radical (unpaired) electrons. The third-order valence-corrected chi connectivity index (χ3v) is 6.81. The van der Waals surface area contributed by atoms with Crippen LogP contribution in [0.5, 0.6) is 0 Å². The largest absolute Gasteiger partial charge is 0.370 e. The van der Waals surface area contributed by atoms with Crippen LogP contribution in [0.15, 0.2) is 23.1 Å². The fraction of sp³-hybridized carbons (Fsp3) is 0.682. The lowest BCUT2D eigenvalue weighted by Crippen LogP contribution is -2.47. The summed E-state index contributed by atoms with van der Waals surface area (Å²) < 4.78 is 6.38. The van der Waals surface area contributed by atoms with Gasteiger partial charge >= 0.3 is 0 Å². The number of H-pyrrole nitrogens is 1. The van der Waals surface area contributed by atoms with E-state index < -0.39 is 0 Å². The van der Waals surface area contributed by atoms with Gasteiger partial charge in [0.05, 0.1) is 17.3 Å². The first kappa shape index (κ1) is 20.1. The minimum Gasteiger partial charge on any atom is -0.370 e. The minimum absolute atomic E-state index is 0.0506. The normalized spacial score (nSPS) is 24.6. The molecule has 2 aliphatic heterocycles. The van der Waals surface area contributed by atoms with Gasteiger partial charge < -0.3 is 19.9 Å². The van der Waals surface area contributed by atoms with Crippen molar-refractivity contribution in [3.63, 3.8) is 0 Å². The summed E-state index contributed by atoms with van der Waals surface area (Å²) in [5, 5.41) is 3.11. The predicted molar refractivity (Wildman–Crippen MR) is 109 cm³/mol. The highest BCUT2D eigenvalue weighted by atomic mass is 16.5. The molecule has 7 heteroatoms. The molecule has 29 heavy (non-hydrogen) atoms. The summed E-state index contributed by atoms with van der Waals surface area (Å²) in [4.78, 5) is 40.6. The molecule has 1 aliphatic carbocycles. The number of hydrogen-bond acceptors (Lipinski definition) is 4. The Morgan fingerprint density at radius 2 is 1.86 bits per heavy atom. The van der Waals surface area contributed by atoms with E-state index in [0.717, 1.165) is 51.4 Å². The molecule has 0 aromatic carbocycles. The number of hydrogen-bond donors (Lipinski definition) is 2. The number of piperidine rings is 1. The molecule has 0 unspecified atom stereocenters. The van der Waals surface area contributed by atoms with Crippen molar-refractivity contribution in [2.24, 2.45) is 5.92 Å². The zero-order valence-electron chi connectivity index (χ0n) is 17.0. The second-order valence-electron chi connectivity index (χ2n) is 8.78. The van der Waals surface area contributed by atoms with Crippen LogP contribution in [0.25, 0.3) is 0 Å². The number of nitrogens with one attached hydrogen (secondary N) is 2. The molecule has 4 rings (SSSR count). The third kappa shape index (κ3) is 4.71. The van der Waals surface area contributed by atoms with Gasteiger partial charge in [-0.3, -0.25) is 14.4 Å². The van der Waals surface area contributed by atoms with Crippen LogP contribution in [0, 0.1) is 5.92 Å². The molecule has 3 heterocycles. The van der Waals surface area contributed by atoms with Crippen molar-refractivity contribution in [3.8, 4) is 0 Å². The van der Waals surface area contributed by atoms with Gasteiger partial charge in [-0.05, 0) is 44.6 Å². The van der Waals surface area contributed by atoms with E-state index in [-0.39, 0.29) is 35.0 Å². The number of likely N-dealkylation sites (tertiary alicyclic amines) is 1. The predicted octanol–water partition coefficient (Wildman–Crippen LogP) is 2.23. The summed E-state index contributed by atoms with van der Waals surface area (Å²) in [6.45, 7) is 1.90. The zero-order chi connectivity index (χ0) is 20.3. The van der Waals surface area contributed by atoms with Crippen LogP contribution >= 0.6 is 0 Å². The van der Waals surface area contributed by atoms with Crippen LogP contribution < -0.4 is 10.9 Å². The lowest BCUT2D eigenvalue weighted by Gasteiger charge is -2.39. The molecule has 1 aromatic rings. The van der Waals surface area contributed by atoms with Crippen molar-refractivity contribution in [1.82, 2.24) is 15.2 Å². The van der Waals surface area contributed by atoms with E-state index in [0.29, 0.717) is 25.2 Å². The monoisotopic (exact) mass is 401 g/mol. The van der Waals surface area contributed by atoms with Gasteiger partial charge in [-0.2, -0.15) is 0 Å². The summed E-state index contributed by atoms with van der Waals surface area (Å²) >= 11 is 0. The Bertz CT molecular complexity index is 771. The van der Waals surface area contributed by atoms with Gasteiger partial charge in [-0.25, -0.2) is 0 Å². The number of aromatic nitrogens is 1. The van der Waals surface area contributed by atoms with Crippen LogP contribution in [0.4, 0.5) is 0 Å². The Kier molecular flexibility index (Phi) is 6.04. The van der Waals surface area contributed by atoms with Gasteiger partial charge in [0.1, 0.15) is 0 Å². The summed E-state index contributed by atoms with van der Waals surface area (Å²) in [5.41, 5.74) is 0.137. The second-order valence-corrected chi connectivity index (χ2v) is 8.78. The fourth-order valence-electron chi connectivity index (χ4n) is 4.97.